The van der Waals surface area contributed by atoms with Crippen LogP contribution in [-0.4, -0.2) is 19.5 Å². The van der Waals surface area contributed by atoms with Gasteiger partial charge in [-0.05, 0) is 35.4 Å². The lowest BCUT2D eigenvalue weighted by atomic mass is 10.1. The maximum atomic E-state index is 12.3. The van der Waals surface area contributed by atoms with Gasteiger partial charge in [0.15, 0.2) is 9.84 Å². The van der Waals surface area contributed by atoms with E-state index in [1.165, 1.54) is 0 Å². The molecule has 0 bridgehead atoms. The molecule has 2 aromatic carbocycles. The number of aliphatic carboxylic acids is 1. The van der Waals surface area contributed by atoms with Crippen molar-refractivity contribution in [3.05, 3.63) is 64.1 Å². The average Bonchev–Trinajstić information content (AvgIpc) is 2.40. The first kappa shape index (κ1) is 15.7. The van der Waals surface area contributed by atoms with Crippen LogP contribution in [0.1, 0.15) is 11.1 Å². The number of carbonyl (C=O) groups is 1. The highest BCUT2D eigenvalue weighted by Gasteiger charge is 2.15. The molecule has 0 spiro atoms. The third-order valence-electron chi connectivity index (χ3n) is 2.91. The molecule has 0 fully saturated rings. The molecule has 0 aliphatic rings. The van der Waals surface area contributed by atoms with Crippen molar-refractivity contribution in [3.63, 3.8) is 0 Å². The Kier molecular flexibility index (Phi) is 4.80. The van der Waals surface area contributed by atoms with Crippen LogP contribution in [0.15, 0.2) is 57.9 Å². The molecule has 2 rings (SSSR count). The molecule has 0 amide bonds. The molecular weight excluding hydrogens is 356 g/mol. The molecule has 1 N–H and O–H groups in total. The Morgan fingerprint density at radius 1 is 0.952 bits per heavy atom. The van der Waals surface area contributed by atoms with Gasteiger partial charge in [0.2, 0.25) is 0 Å². The molecule has 0 radical (unpaired) electrons. The van der Waals surface area contributed by atoms with E-state index in [9.17, 15) is 13.2 Å². The number of rotatable bonds is 5. The van der Waals surface area contributed by atoms with Crippen molar-refractivity contribution in [2.24, 2.45) is 0 Å². The molecule has 0 saturated carbocycles. The van der Waals surface area contributed by atoms with Crippen LogP contribution in [0.4, 0.5) is 0 Å². The Balaban J connectivity index is 2.16. The summed E-state index contributed by atoms with van der Waals surface area (Å²) in [7, 11) is -3.40. The third kappa shape index (κ3) is 4.41. The standard InChI is InChI=1S/C15H13BrO4S/c16-13-5-7-14(8-6-13)21(19,20)10-12-3-1-11(2-4-12)9-15(17)18/h1-8H,9-10H2,(H,17,18). The van der Waals surface area contributed by atoms with Crippen LogP contribution in [0.2, 0.25) is 0 Å². The Labute approximate surface area is 131 Å². The van der Waals surface area contributed by atoms with E-state index < -0.39 is 15.8 Å². The fourth-order valence-electron chi connectivity index (χ4n) is 1.87. The van der Waals surface area contributed by atoms with Gasteiger partial charge in [-0.2, -0.15) is 0 Å². The van der Waals surface area contributed by atoms with Gasteiger partial charge in [0.05, 0.1) is 17.1 Å². The normalized spacial score (nSPS) is 11.3. The van der Waals surface area contributed by atoms with Gasteiger partial charge in [0, 0.05) is 4.47 Å². The lowest BCUT2D eigenvalue weighted by molar-refractivity contribution is -0.136. The maximum Gasteiger partial charge on any atom is 0.307 e. The van der Waals surface area contributed by atoms with E-state index in [2.05, 4.69) is 15.9 Å². The Hall–Kier alpha value is -1.66. The van der Waals surface area contributed by atoms with Crippen molar-refractivity contribution in [3.8, 4) is 0 Å². The lowest BCUT2D eigenvalue weighted by Crippen LogP contribution is -2.05. The number of hydrogen-bond acceptors (Lipinski definition) is 3. The summed E-state index contributed by atoms with van der Waals surface area (Å²) in [4.78, 5) is 10.9. The van der Waals surface area contributed by atoms with Gasteiger partial charge in [-0.1, -0.05) is 40.2 Å². The molecule has 2 aromatic rings. The van der Waals surface area contributed by atoms with E-state index in [0.717, 1.165) is 4.47 Å². The minimum absolute atomic E-state index is 0.0697. The monoisotopic (exact) mass is 368 g/mol. The second-order valence-corrected chi connectivity index (χ2v) is 7.51. The molecule has 0 atom stereocenters. The van der Waals surface area contributed by atoms with Gasteiger partial charge in [-0.3, -0.25) is 4.79 Å². The van der Waals surface area contributed by atoms with Crippen molar-refractivity contribution in [1.82, 2.24) is 0 Å². The minimum Gasteiger partial charge on any atom is -0.481 e. The Morgan fingerprint density at radius 2 is 1.48 bits per heavy atom. The molecule has 6 heteroatoms. The largest absolute Gasteiger partial charge is 0.481 e. The van der Waals surface area contributed by atoms with Crippen molar-refractivity contribution in [2.45, 2.75) is 17.1 Å². The highest BCUT2D eigenvalue weighted by atomic mass is 79.9. The summed E-state index contributed by atoms with van der Waals surface area (Å²) in [5, 5.41) is 8.69. The molecule has 0 saturated heterocycles. The molecule has 0 aliphatic heterocycles. The zero-order valence-electron chi connectivity index (χ0n) is 11.0. The van der Waals surface area contributed by atoms with Gasteiger partial charge in [-0.25, -0.2) is 8.42 Å². The topological polar surface area (TPSA) is 71.4 Å². The van der Waals surface area contributed by atoms with Gasteiger partial charge >= 0.3 is 5.97 Å². The second-order valence-electron chi connectivity index (χ2n) is 4.60. The van der Waals surface area contributed by atoms with E-state index in [4.69, 9.17) is 5.11 Å². The molecule has 0 aromatic heterocycles. The SMILES string of the molecule is O=C(O)Cc1ccc(CS(=O)(=O)c2ccc(Br)cc2)cc1. The maximum absolute atomic E-state index is 12.3. The highest BCUT2D eigenvalue weighted by molar-refractivity contribution is 9.10. The van der Waals surface area contributed by atoms with E-state index in [0.29, 0.717) is 11.1 Å². The average molecular weight is 369 g/mol. The number of sulfone groups is 1. The van der Waals surface area contributed by atoms with Gasteiger partial charge in [0.25, 0.3) is 0 Å². The van der Waals surface area contributed by atoms with Crippen molar-refractivity contribution in [1.29, 1.82) is 0 Å². The second kappa shape index (κ2) is 6.41. The summed E-state index contributed by atoms with van der Waals surface area (Å²) < 4.78 is 25.4. The Bertz CT molecular complexity index is 734. The zero-order chi connectivity index (χ0) is 15.5. The van der Waals surface area contributed by atoms with Crippen LogP contribution in [-0.2, 0) is 26.8 Å². The first-order valence-corrected chi connectivity index (χ1v) is 8.59. The number of halogens is 1. The van der Waals surface area contributed by atoms with Crippen LogP contribution < -0.4 is 0 Å². The molecule has 4 nitrogen and oxygen atoms in total. The molecule has 0 unspecified atom stereocenters. The predicted molar refractivity (Wildman–Crippen MR) is 82.8 cm³/mol. The fraction of sp³-hybridized carbons (Fsp3) is 0.133. The van der Waals surface area contributed by atoms with Crippen LogP contribution in [0.5, 0.6) is 0 Å². The summed E-state index contributed by atoms with van der Waals surface area (Å²) in [6.45, 7) is 0. The minimum atomic E-state index is -3.40. The van der Waals surface area contributed by atoms with E-state index in [-0.39, 0.29) is 17.1 Å². The van der Waals surface area contributed by atoms with Crippen LogP contribution in [0.3, 0.4) is 0 Å². The summed E-state index contributed by atoms with van der Waals surface area (Å²) in [5.41, 5.74) is 1.28. The van der Waals surface area contributed by atoms with Crippen LogP contribution >= 0.6 is 15.9 Å². The lowest BCUT2D eigenvalue weighted by Gasteiger charge is -2.06. The first-order valence-electron chi connectivity index (χ1n) is 6.15. The van der Waals surface area contributed by atoms with Crippen molar-refractivity contribution in [2.75, 3.05) is 0 Å². The summed E-state index contributed by atoms with van der Waals surface area (Å²) >= 11 is 3.26. The van der Waals surface area contributed by atoms with Gasteiger partial charge < -0.3 is 5.11 Å². The first-order chi connectivity index (χ1) is 9.87. The zero-order valence-corrected chi connectivity index (χ0v) is 13.4. The highest BCUT2D eigenvalue weighted by Crippen LogP contribution is 2.19. The summed E-state index contributed by atoms with van der Waals surface area (Å²) in [5.74, 6) is -1.02. The Morgan fingerprint density at radius 3 is 2.00 bits per heavy atom. The number of carboxylic acids is 1. The predicted octanol–water partition coefficient (Wildman–Crippen LogP) is 3.05. The van der Waals surface area contributed by atoms with E-state index in [1.54, 1.807) is 48.5 Å². The van der Waals surface area contributed by atoms with E-state index >= 15 is 0 Å². The number of benzene rings is 2. The van der Waals surface area contributed by atoms with Crippen LogP contribution in [0.25, 0.3) is 0 Å². The molecular formula is C15H13BrO4S. The van der Waals surface area contributed by atoms with Crippen molar-refractivity contribution < 1.29 is 18.3 Å². The molecule has 0 aliphatic carbocycles. The van der Waals surface area contributed by atoms with E-state index in [1.807, 2.05) is 0 Å². The number of carboxylic acid groups (broad SMARTS) is 1. The molecule has 0 heterocycles. The fourth-order valence-corrected chi connectivity index (χ4v) is 3.49. The third-order valence-corrected chi connectivity index (χ3v) is 5.14. The summed E-state index contributed by atoms with van der Waals surface area (Å²) in [6.07, 6.45) is -0.0697. The van der Waals surface area contributed by atoms with Crippen molar-refractivity contribution >= 4 is 31.7 Å². The summed E-state index contributed by atoms with van der Waals surface area (Å²) in [6, 6.07) is 13.0. The van der Waals surface area contributed by atoms with Gasteiger partial charge in [0.1, 0.15) is 0 Å². The number of hydrogen-bond donors (Lipinski definition) is 1. The van der Waals surface area contributed by atoms with Gasteiger partial charge in [-0.15, -0.1) is 0 Å². The molecule has 21 heavy (non-hydrogen) atoms. The molecule has 110 valence electrons. The van der Waals surface area contributed by atoms with Crippen LogP contribution in [0, 0.1) is 0 Å². The smallest absolute Gasteiger partial charge is 0.307 e. The quantitative estimate of drug-likeness (QED) is 0.880.